The molecule has 0 spiro atoms. The van der Waals surface area contributed by atoms with Gasteiger partial charge in [-0.1, -0.05) is 25.9 Å². The van der Waals surface area contributed by atoms with Crippen molar-refractivity contribution in [3.63, 3.8) is 0 Å². The molecule has 0 aromatic rings. The number of rotatable bonds is 6. The Bertz CT molecular complexity index is 242. The summed E-state index contributed by atoms with van der Waals surface area (Å²) in [6.45, 7) is 11.1. The van der Waals surface area contributed by atoms with Gasteiger partial charge in [-0.05, 0) is 12.3 Å². The van der Waals surface area contributed by atoms with Crippen molar-refractivity contribution in [2.45, 2.75) is 33.6 Å². The van der Waals surface area contributed by atoms with Gasteiger partial charge in [-0.15, -0.1) is 0 Å². The topological polar surface area (TPSA) is 45.1 Å². The second kappa shape index (κ2) is 7.67. The predicted octanol–water partition coefficient (Wildman–Crippen LogP) is 2.22. The number of hydrogen-bond donors (Lipinski definition) is 1. The van der Waals surface area contributed by atoms with Gasteiger partial charge in [-0.2, -0.15) is 0 Å². The average molecular weight is 242 g/mol. The molecule has 4 heteroatoms. The first-order valence-electron chi connectivity index (χ1n) is 6.68. The van der Waals surface area contributed by atoms with E-state index in [4.69, 9.17) is 9.94 Å². The Hall–Kier alpha value is -0.610. The third kappa shape index (κ3) is 5.04. The van der Waals surface area contributed by atoms with E-state index in [0.29, 0.717) is 11.8 Å². The van der Waals surface area contributed by atoms with Crippen LogP contribution in [0.2, 0.25) is 0 Å². The van der Waals surface area contributed by atoms with E-state index < -0.39 is 0 Å². The minimum absolute atomic E-state index is 0.416. The zero-order valence-electron chi connectivity index (χ0n) is 11.4. The molecule has 1 rings (SSSR count). The minimum atomic E-state index is 0.416. The third-order valence-electron chi connectivity index (χ3n) is 3.26. The van der Waals surface area contributed by atoms with Crippen LogP contribution in [0.4, 0.5) is 0 Å². The van der Waals surface area contributed by atoms with Gasteiger partial charge in [0.1, 0.15) is 0 Å². The molecule has 0 amide bonds. The number of likely N-dealkylation sites (tertiary alicyclic amines) is 1. The van der Waals surface area contributed by atoms with Gasteiger partial charge in [0.2, 0.25) is 0 Å². The zero-order valence-corrected chi connectivity index (χ0v) is 11.4. The molecular formula is C13H26N2O2. The molecule has 1 aliphatic heterocycles. The van der Waals surface area contributed by atoms with E-state index >= 15 is 0 Å². The fourth-order valence-corrected chi connectivity index (χ4v) is 2.20. The predicted molar refractivity (Wildman–Crippen MR) is 69.7 cm³/mol. The lowest BCUT2D eigenvalue weighted by atomic mass is 9.93. The monoisotopic (exact) mass is 242 g/mol. The van der Waals surface area contributed by atoms with Gasteiger partial charge in [0, 0.05) is 38.6 Å². The van der Waals surface area contributed by atoms with Gasteiger partial charge in [0.25, 0.3) is 0 Å². The van der Waals surface area contributed by atoms with Crippen LogP contribution in [0, 0.1) is 11.8 Å². The van der Waals surface area contributed by atoms with Gasteiger partial charge in [0.15, 0.2) is 0 Å². The van der Waals surface area contributed by atoms with E-state index in [1.54, 1.807) is 0 Å². The van der Waals surface area contributed by atoms with Crippen molar-refractivity contribution in [3.8, 4) is 0 Å². The quantitative estimate of drug-likeness (QED) is 0.441. The first kappa shape index (κ1) is 14.5. The Labute approximate surface area is 105 Å². The van der Waals surface area contributed by atoms with Crippen molar-refractivity contribution in [2.24, 2.45) is 17.0 Å². The van der Waals surface area contributed by atoms with Crippen molar-refractivity contribution in [2.75, 3.05) is 32.8 Å². The van der Waals surface area contributed by atoms with Crippen LogP contribution < -0.4 is 0 Å². The molecule has 0 saturated carbocycles. The standard InChI is InChI=1S/C13H26N2O2/c1-4-12-9-15(6-5-13(12)14-16)7-8-17-10-11(2)3/h11-12,16H,4-10H2,1-3H3. The molecule has 100 valence electrons. The van der Waals surface area contributed by atoms with Crippen molar-refractivity contribution < 1.29 is 9.94 Å². The summed E-state index contributed by atoms with van der Waals surface area (Å²) in [7, 11) is 0. The summed E-state index contributed by atoms with van der Waals surface area (Å²) < 4.78 is 5.60. The fourth-order valence-electron chi connectivity index (χ4n) is 2.20. The highest BCUT2D eigenvalue weighted by Crippen LogP contribution is 2.17. The molecule has 0 aliphatic carbocycles. The lowest BCUT2D eigenvalue weighted by Gasteiger charge is -2.32. The van der Waals surface area contributed by atoms with E-state index in [1.807, 2.05) is 0 Å². The molecule has 0 aromatic carbocycles. The largest absolute Gasteiger partial charge is 0.411 e. The van der Waals surface area contributed by atoms with E-state index in [-0.39, 0.29) is 0 Å². The smallest absolute Gasteiger partial charge is 0.0627 e. The van der Waals surface area contributed by atoms with Crippen LogP contribution in [0.3, 0.4) is 0 Å². The fraction of sp³-hybridized carbons (Fsp3) is 0.923. The Morgan fingerprint density at radius 1 is 1.53 bits per heavy atom. The van der Waals surface area contributed by atoms with E-state index in [2.05, 4.69) is 30.8 Å². The third-order valence-corrected chi connectivity index (χ3v) is 3.26. The van der Waals surface area contributed by atoms with Crippen molar-refractivity contribution in [1.29, 1.82) is 0 Å². The summed E-state index contributed by atoms with van der Waals surface area (Å²) in [4.78, 5) is 2.41. The average Bonchev–Trinajstić information content (AvgIpc) is 2.34. The molecule has 17 heavy (non-hydrogen) atoms. The molecule has 1 N–H and O–H groups in total. The van der Waals surface area contributed by atoms with E-state index in [0.717, 1.165) is 51.4 Å². The molecule has 0 bridgehead atoms. The first-order valence-corrected chi connectivity index (χ1v) is 6.68. The first-order chi connectivity index (χ1) is 8.17. The molecule has 1 unspecified atom stereocenters. The summed E-state index contributed by atoms with van der Waals surface area (Å²) in [5.41, 5.74) is 0.965. The number of nitrogens with zero attached hydrogens (tertiary/aromatic N) is 2. The van der Waals surface area contributed by atoms with Crippen LogP contribution in [0.15, 0.2) is 5.16 Å². The highest BCUT2D eigenvalue weighted by atomic mass is 16.5. The van der Waals surface area contributed by atoms with Crippen LogP contribution in [0.25, 0.3) is 0 Å². The molecule has 1 saturated heterocycles. The van der Waals surface area contributed by atoms with Gasteiger partial charge >= 0.3 is 0 Å². The summed E-state index contributed by atoms with van der Waals surface area (Å²) >= 11 is 0. The normalized spacial score (nSPS) is 24.7. The van der Waals surface area contributed by atoms with Crippen LogP contribution in [0.5, 0.6) is 0 Å². The van der Waals surface area contributed by atoms with Gasteiger partial charge in [-0.25, -0.2) is 0 Å². The second-order valence-corrected chi connectivity index (χ2v) is 5.22. The Morgan fingerprint density at radius 2 is 2.29 bits per heavy atom. The van der Waals surface area contributed by atoms with Crippen LogP contribution in [-0.4, -0.2) is 48.7 Å². The van der Waals surface area contributed by atoms with Gasteiger partial charge in [-0.3, -0.25) is 0 Å². The van der Waals surface area contributed by atoms with Crippen molar-refractivity contribution in [3.05, 3.63) is 0 Å². The summed E-state index contributed by atoms with van der Waals surface area (Å²) in [6.07, 6.45) is 1.93. The number of ether oxygens (including phenoxy) is 1. The number of oxime groups is 1. The van der Waals surface area contributed by atoms with Gasteiger partial charge < -0.3 is 14.8 Å². The van der Waals surface area contributed by atoms with Crippen molar-refractivity contribution in [1.82, 2.24) is 4.90 Å². The van der Waals surface area contributed by atoms with Gasteiger partial charge in [0.05, 0.1) is 12.3 Å². The molecule has 1 aliphatic rings. The van der Waals surface area contributed by atoms with Crippen LogP contribution in [0.1, 0.15) is 33.6 Å². The molecule has 0 aromatic heterocycles. The molecule has 4 nitrogen and oxygen atoms in total. The molecule has 1 atom stereocenters. The lowest BCUT2D eigenvalue weighted by molar-refractivity contribution is 0.0808. The maximum atomic E-state index is 8.90. The highest BCUT2D eigenvalue weighted by Gasteiger charge is 2.24. The van der Waals surface area contributed by atoms with Crippen LogP contribution in [-0.2, 0) is 4.74 Å². The zero-order chi connectivity index (χ0) is 12.7. The van der Waals surface area contributed by atoms with E-state index in [9.17, 15) is 0 Å². The molecule has 1 heterocycles. The summed E-state index contributed by atoms with van der Waals surface area (Å²) in [5.74, 6) is 1.02. The second-order valence-electron chi connectivity index (χ2n) is 5.22. The highest BCUT2D eigenvalue weighted by molar-refractivity contribution is 5.87. The summed E-state index contributed by atoms with van der Waals surface area (Å²) in [5, 5.41) is 12.3. The van der Waals surface area contributed by atoms with Crippen molar-refractivity contribution >= 4 is 5.71 Å². The van der Waals surface area contributed by atoms with E-state index in [1.165, 1.54) is 0 Å². The minimum Gasteiger partial charge on any atom is -0.411 e. The summed E-state index contributed by atoms with van der Waals surface area (Å²) in [6, 6.07) is 0. The molecular weight excluding hydrogens is 216 g/mol. The maximum Gasteiger partial charge on any atom is 0.0627 e. The van der Waals surface area contributed by atoms with Crippen LogP contribution >= 0.6 is 0 Å². The Kier molecular flexibility index (Phi) is 6.52. The Balaban J connectivity index is 2.23. The number of piperidine rings is 1. The molecule has 0 radical (unpaired) electrons. The number of hydrogen-bond acceptors (Lipinski definition) is 4. The lowest BCUT2D eigenvalue weighted by Crippen LogP contribution is -2.42. The SMILES string of the molecule is CCC1CN(CCOCC(C)C)CCC1=NO. The Morgan fingerprint density at radius 3 is 2.88 bits per heavy atom. The molecule has 1 fully saturated rings. The maximum absolute atomic E-state index is 8.90.